The van der Waals surface area contributed by atoms with E-state index in [0.717, 1.165) is 17.7 Å². The molecule has 0 amide bonds. The van der Waals surface area contributed by atoms with Crippen molar-refractivity contribution in [1.82, 2.24) is 5.43 Å². The minimum atomic E-state index is 0.466. The SMILES string of the molecule is Cc1ccc(NC(=S)N/N=C/C2=C(c3ccccc3)Cc3ccccc32)cc1. The molecule has 0 radical (unpaired) electrons. The van der Waals surface area contributed by atoms with Crippen LogP contribution in [0, 0.1) is 6.92 Å². The largest absolute Gasteiger partial charge is 0.331 e. The van der Waals surface area contributed by atoms with E-state index >= 15 is 0 Å². The molecule has 4 heteroatoms. The lowest BCUT2D eigenvalue weighted by Crippen LogP contribution is -2.23. The molecule has 0 fully saturated rings. The Hall–Kier alpha value is -3.24. The summed E-state index contributed by atoms with van der Waals surface area (Å²) in [5, 5.41) is 8.02. The average molecular weight is 384 g/mol. The number of fused-ring (bicyclic) bond motifs is 1. The smallest absolute Gasteiger partial charge is 0.191 e. The molecule has 3 aromatic rings. The Morgan fingerprint density at radius 1 is 0.929 bits per heavy atom. The summed E-state index contributed by atoms with van der Waals surface area (Å²) in [5.74, 6) is 0. The molecule has 4 rings (SSSR count). The van der Waals surface area contributed by atoms with E-state index in [2.05, 4.69) is 71.3 Å². The summed E-state index contributed by atoms with van der Waals surface area (Å²) in [4.78, 5) is 0. The predicted octanol–water partition coefficient (Wildman–Crippen LogP) is 5.43. The van der Waals surface area contributed by atoms with Crippen LogP contribution in [0.2, 0.25) is 0 Å². The molecule has 0 aromatic heterocycles. The summed E-state index contributed by atoms with van der Waals surface area (Å²) in [6.07, 6.45) is 2.78. The van der Waals surface area contributed by atoms with Crippen molar-refractivity contribution in [3.63, 3.8) is 0 Å². The van der Waals surface area contributed by atoms with Gasteiger partial charge in [-0.15, -0.1) is 0 Å². The van der Waals surface area contributed by atoms with Gasteiger partial charge in [0.1, 0.15) is 0 Å². The Kier molecular flexibility index (Phi) is 5.31. The molecule has 0 spiro atoms. The number of thiocarbonyl (C=S) groups is 1. The van der Waals surface area contributed by atoms with E-state index in [-0.39, 0.29) is 0 Å². The highest BCUT2D eigenvalue weighted by Gasteiger charge is 2.20. The highest BCUT2D eigenvalue weighted by atomic mass is 32.1. The van der Waals surface area contributed by atoms with Gasteiger partial charge in [-0.05, 0) is 60.0 Å². The molecule has 0 saturated carbocycles. The Labute approximate surface area is 170 Å². The molecule has 0 saturated heterocycles. The fourth-order valence-corrected chi connectivity index (χ4v) is 3.55. The van der Waals surface area contributed by atoms with Crippen molar-refractivity contribution in [2.75, 3.05) is 5.32 Å². The van der Waals surface area contributed by atoms with Crippen LogP contribution in [0.5, 0.6) is 0 Å². The first kappa shape index (κ1) is 18.1. The summed E-state index contributed by atoms with van der Waals surface area (Å²) in [7, 11) is 0. The van der Waals surface area contributed by atoms with E-state index in [1.165, 1.54) is 27.8 Å². The number of hydrogen-bond acceptors (Lipinski definition) is 2. The van der Waals surface area contributed by atoms with Gasteiger partial charge in [0.05, 0.1) is 6.21 Å². The molecule has 0 bridgehead atoms. The van der Waals surface area contributed by atoms with Gasteiger partial charge in [-0.3, -0.25) is 5.43 Å². The van der Waals surface area contributed by atoms with Gasteiger partial charge in [-0.25, -0.2) is 0 Å². The average Bonchev–Trinajstić information content (AvgIpc) is 3.09. The maximum atomic E-state index is 5.36. The number of rotatable bonds is 4. The Morgan fingerprint density at radius 2 is 1.64 bits per heavy atom. The van der Waals surface area contributed by atoms with Crippen LogP contribution in [-0.4, -0.2) is 11.3 Å². The molecule has 1 aliphatic carbocycles. The van der Waals surface area contributed by atoms with Crippen LogP contribution in [0.25, 0.3) is 11.1 Å². The van der Waals surface area contributed by atoms with E-state index in [4.69, 9.17) is 12.2 Å². The normalized spacial score (nSPS) is 12.9. The molecule has 0 aliphatic heterocycles. The maximum Gasteiger partial charge on any atom is 0.191 e. The Morgan fingerprint density at radius 3 is 2.43 bits per heavy atom. The van der Waals surface area contributed by atoms with Gasteiger partial charge in [0, 0.05) is 11.3 Å². The molecule has 3 aromatic carbocycles. The molecule has 3 nitrogen and oxygen atoms in total. The summed E-state index contributed by atoms with van der Waals surface area (Å²) >= 11 is 5.36. The van der Waals surface area contributed by atoms with Crippen LogP contribution < -0.4 is 10.7 Å². The van der Waals surface area contributed by atoms with Crippen LogP contribution in [0.1, 0.15) is 22.3 Å². The Bertz CT molecular complexity index is 1050. The van der Waals surface area contributed by atoms with E-state index in [1.807, 2.05) is 36.5 Å². The van der Waals surface area contributed by atoms with Gasteiger partial charge in [-0.2, -0.15) is 5.10 Å². The van der Waals surface area contributed by atoms with E-state index < -0.39 is 0 Å². The number of allylic oxidation sites excluding steroid dienone is 2. The lowest BCUT2D eigenvalue weighted by Gasteiger charge is -2.08. The second kappa shape index (κ2) is 8.19. The molecule has 1 aliphatic rings. The topological polar surface area (TPSA) is 36.4 Å². The molecule has 0 atom stereocenters. The van der Waals surface area contributed by atoms with Crippen molar-refractivity contribution in [1.29, 1.82) is 0 Å². The summed E-state index contributed by atoms with van der Waals surface area (Å²) in [6, 6.07) is 27.0. The second-order valence-electron chi connectivity index (χ2n) is 6.78. The summed E-state index contributed by atoms with van der Waals surface area (Å²) < 4.78 is 0. The standard InChI is InChI=1S/C24H21N3S/c1-17-11-13-20(14-12-17)26-24(28)27-25-16-23-21-10-6-5-9-19(21)15-22(23)18-7-3-2-4-8-18/h2-14,16H,15H2,1H3,(H2,26,27,28)/b25-16+. The first-order chi connectivity index (χ1) is 13.7. The highest BCUT2D eigenvalue weighted by molar-refractivity contribution is 7.80. The van der Waals surface area contributed by atoms with Gasteiger partial charge in [0.15, 0.2) is 5.11 Å². The van der Waals surface area contributed by atoms with Crippen LogP contribution in [0.4, 0.5) is 5.69 Å². The number of nitrogens with zero attached hydrogens (tertiary/aromatic N) is 1. The second-order valence-corrected chi connectivity index (χ2v) is 7.19. The van der Waals surface area contributed by atoms with Gasteiger partial charge in [-0.1, -0.05) is 72.3 Å². The summed E-state index contributed by atoms with van der Waals surface area (Å²) in [6.45, 7) is 2.06. The lowest BCUT2D eigenvalue weighted by molar-refractivity contribution is 1.05. The highest BCUT2D eigenvalue weighted by Crippen LogP contribution is 2.37. The molecular formula is C24H21N3S. The van der Waals surface area contributed by atoms with E-state index in [1.54, 1.807) is 0 Å². The van der Waals surface area contributed by atoms with Crippen molar-refractivity contribution >= 4 is 40.4 Å². The van der Waals surface area contributed by atoms with E-state index in [9.17, 15) is 0 Å². The van der Waals surface area contributed by atoms with Crippen molar-refractivity contribution in [3.05, 3.63) is 101 Å². The maximum absolute atomic E-state index is 5.36. The first-order valence-corrected chi connectivity index (χ1v) is 9.65. The number of benzene rings is 3. The Balaban J connectivity index is 1.53. The zero-order chi connectivity index (χ0) is 19.3. The third-order valence-corrected chi connectivity index (χ3v) is 4.98. The summed E-state index contributed by atoms with van der Waals surface area (Å²) in [5.41, 5.74) is 11.3. The number of hydrazone groups is 1. The fraction of sp³-hybridized carbons (Fsp3) is 0.0833. The van der Waals surface area contributed by atoms with Crippen LogP contribution >= 0.6 is 12.2 Å². The van der Waals surface area contributed by atoms with Gasteiger partial charge >= 0.3 is 0 Å². The van der Waals surface area contributed by atoms with Crippen molar-refractivity contribution in [3.8, 4) is 0 Å². The number of anilines is 1. The molecule has 138 valence electrons. The van der Waals surface area contributed by atoms with Gasteiger partial charge < -0.3 is 5.32 Å². The minimum absolute atomic E-state index is 0.466. The lowest BCUT2D eigenvalue weighted by atomic mass is 10.0. The van der Waals surface area contributed by atoms with Crippen LogP contribution in [0.15, 0.2) is 84.0 Å². The quantitative estimate of drug-likeness (QED) is 0.358. The minimum Gasteiger partial charge on any atom is -0.331 e. The van der Waals surface area contributed by atoms with E-state index in [0.29, 0.717) is 5.11 Å². The number of nitrogens with one attached hydrogen (secondary N) is 2. The zero-order valence-electron chi connectivity index (χ0n) is 15.6. The molecule has 2 N–H and O–H groups in total. The molecular weight excluding hydrogens is 362 g/mol. The predicted molar refractivity (Wildman–Crippen MR) is 122 cm³/mol. The first-order valence-electron chi connectivity index (χ1n) is 9.24. The molecule has 28 heavy (non-hydrogen) atoms. The third kappa shape index (κ3) is 4.02. The van der Waals surface area contributed by atoms with Crippen molar-refractivity contribution < 1.29 is 0 Å². The fourth-order valence-electron chi connectivity index (χ4n) is 3.38. The number of aryl methyl sites for hydroxylation is 1. The molecule has 0 unspecified atom stereocenters. The van der Waals surface area contributed by atoms with Crippen LogP contribution in [-0.2, 0) is 6.42 Å². The van der Waals surface area contributed by atoms with Gasteiger partial charge in [0.25, 0.3) is 0 Å². The van der Waals surface area contributed by atoms with Gasteiger partial charge in [0.2, 0.25) is 0 Å². The van der Waals surface area contributed by atoms with Crippen molar-refractivity contribution in [2.45, 2.75) is 13.3 Å². The third-order valence-electron chi connectivity index (χ3n) is 4.79. The van der Waals surface area contributed by atoms with Crippen molar-refractivity contribution in [2.24, 2.45) is 5.10 Å². The monoisotopic (exact) mass is 383 g/mol. The zero-order valence-corrected chi connectivity index (χ0v) is 16.5. The molecule has 0 heterocycles. The van der Waals surface area contributed by atoms with Crippen LogP contribution in [0.3, 0.4) is 0 Å². The number of hydrogen-bond donors (Lipinski definition) is 2.